The van der Waals surface area contributed by atoms with E-state index in [0.29, 0.717) is 12.0 Å². The Labute approximate surface area is 122 Å². The van der Waals surface area contributed by atoms with E-state index >= 15 is 0 Å². The summed E-state index contributed by atoms with van der Waals surface area (Å²) in [4.78, 5) is 0. The summed E-state index contributed by atoms with van der Waals surface area (Å²) in [5.74, 6) is 2.52. The standard InChI is InChI=1S/C17H27NO2/c1-6-17(4)10-15(18-11-12(2)3)14-9-13(19-5)7-8-16(14)20-17/h7-9,12,15,18H,6,10-11H2,1-5H3. The second-order valence-corrected chi connectivity index (χ2v) is 6.37. The minimum absolute atomic E-state index is 0.0871. The summed E-state index contributed by atoms with van der Waals surface area (Å²) in [6, 6.07) is 6.44. The number of rotatable bonds is 5. The molecule has 1 aliphatic rings. The first-order valence-corrected chi connectivity index (χ1v) is 7.57. The number of hydrogen-bond donors (Lipinski definition) is 1. The zero-order valence-electron chi connectivity index (χ0n) is 13.3. The molecule has 0 aliphatic carbocycles. The van der Waals surface area contributed by atoms with E-state index in [4.69, 9.17) is 9.47 Å². The molecule has 3 nitrogen and oxygen atoms in total. The van der Waals surface area contributed by atoms with Crippen molar-refractivity contribution in [3.63, 3.8) is 0 Å². The molecule has 2 atom stereocenters. The summed E-state index contributed by atoms with van der Waals surface area (Å²) in [5, 5.41) is 3.68. The second kappa shape index (κ2) is 6.04. The van der Waals surface area contributed by atoms with Gasteiger partial charge in [-0.2, -0.15) is 0 Å². The van der Waals surface area contributed by atoms with E-state index in [0.717, 1.165) is 30.9 Å². The van der Waals surface area contributed by atoms with Crippen LogP contribution in [0.2, 0.25) is 0 Å². The van der Waals surface area contributed by atoms with Crippen LogP contribution in [0.5, 0.6) is 11.5 Å². The Morgan fingerprint density at radius 1 is 1.45 bits per heavy atom. The van der Waals surface area contributed by atoms with Gasteiger partial charge in [0.15, 0.2) is 0 Å². The van der Waals surface area contributed by atoms with Gasteiger partial charge in [0.2, 0.25) is 0 Å². The van der Waals surface area contributed by atoms with Crippen molar-refractivity contribution >= 4 is 0 Å². The molecule has 0 saturated heterocycles. The Kier molecular flexibility index (Phi) is 4.59. The highest BCUT2D eigenvalue weighted by Crippen LogP contribution is 2.42. The molecule has 1 N–H and O–H groups in total. The predicted octanol–water partition coefficient (Wildman–Crippen LogP) is 3.93. The lowest BCUT2D eigenvalue weighted by molar-refractivity contribution is 0.0436. The van der Waals surface area contributed by atoms with Gasteiger partial charge in [-0.1, -0.05) is 20.8 Å². The fraction of sp³-hybridized carbons (Fsp3) is 0.647. The maximum absolute atomic E-state index is 6.21. The average Bonchev–Trinajstić information content (AvgIpc) is 2.44. The SMILES string of the molecule is CCC1(C)CC(NCC(C)C)c2cc(OC)ccc2O1. The molecule has 2 rings (SSSR count). The quantitative estimate of drug-likeness (QED) is 0.884. The van der Waals surface area contributed by atoms with E-state index < -0.39 is 0 Å². The molecule has 3 heteroatoms. The lowest BCUT2D eigenvalue weighted by atomic mass is 9.86. The van der Waals surface area contributed by atoms with Gasteiger partial charge < -0.3 is 14.8 Å². The monoisotopic (exact) mass is 277 g/mol. The first-order chi connectivity index (χ1) is 9.47. The van der Waals surface area contributed by atoms with Crippen molar-refractivity contribution < 1.29 is 9.47 Å². The van der Waals surface area contributed by atoms with Crippen LogP contribution in [0.1, 0.15) is 52.1 Å². The topological polar surface area (TPSA) is 30.5 Å². The van der Waals surface area contributed by atoms with Crippen molar-refractivity contribution in [2.45, 2.75) is 52.2 Å². The molecule has 0 spiro atoms. The van der Waals surface area contributed by atoms with Crippen molar-refractivity contribution in [1.82, 2.24) is 5.32 Å². The highest BCUT2D eigenvalue weighted by atomic mass is 16.5. The molecule has 112 valence electrons. The highest BCUT2D eigenvalue weighted by molar-refractivity contribution is 5.44. The van der Waals surface area contributed by atoms with Crippen LogP contribution >= 0.6 is 0 Å². The summed E-state index contributed by atoms with van der Waals surface area (Å²) in [6.07, 6.45) is 2.01. The molecule has 0 amide bonds. The van der Waals surface area contributed by atoms with Crippen molar-refractivity contribution in [3.05, 3.63) is 23.8 Å². The molecule has 0 saturated carbocycles. The van der Waals surface area contributed by atoms with Crippen LogP contribution in [-0.4, -0.2) is 19.3 Å². The summed E-state index contributed by atoms with van der Waals surface area (Å²) in [5.41, 5.74) is 1.13. The van der Waals surface area contributed by atoms with Gasteiger partial charge in [0, 0.05) is 18.0 Å². The Balaban J connectivity index is 2.30. The first-order valence-electron chi connectivity index (χ1n) is 7.57. The van der Waals surface area contributed by atoms with E-state index in [2.05, 4.69) is 39.1 Å². The third-order valence-electron chi connectivity index (χ3n) is 4.11. The van der Waals surface area contributed by atoms with Crippen molar-refractivity contribution in [1.29, 1.82) is 0 Å². The first kappa shape index (κ1) is 15.2. The maximum Gasteiger partial charge on any atom is 0.125 e. The fourth-order valence-electron chi connectivity index (χ4n) is 2.64. The minimum atomic E-state index is -0.0871. The largest absolute Gasteiger partial charge is 0.497 e. The van der Waals surface area contributed by atoms with Gasteiger partial charge in [-0.25, -0.2) is 0 Å². The van der Waals surface area contributed by atoms with Crippen molar-refractivity contribution in [2.24, 2.45) is 5.92 Å². The molecule has 0 aromatic heterocycles. The molecule has 1 aromatic carbocycles. The lowest BCUT2D eigenvalue weighted by Gasteiger charge is -2.40. The van der Waals surface area contributed by atoms with Crippen LogP contribution in [0, 0.1) is 5.92 Å². The van der Waals surface area contributed by atoms with E-state index in [9.17, 15) is 0 Å². The van der Waals surface area contributed by atoms with Crippen molar-refractivity contribution in [2.75, 3.05) is 13.7 Å². The highest BCUT2D eigenvalue weighted by Gasteiger charge is 2.36. The van der Waals surface area contributed by atoms with Crippen molar-refractivity contribution in [3.8, 4) is 11.5 Å². The molecule has 1 aliphatic heterocycles. The van der Waals surface area contributed by atoms with Gasteiger partial charge in [0.05, 0.1) is 7.11 Å². The van der Waals surface area contributed by atoms with Crippen LogP contribution in [0.4, 0.5) is 0 Å². The Hall–Kier alpha value is -1.22. The number of fused-ring (bicyclic) bond motifs is 1. The molecule has 2 unspecified atom stereocenters. The third-order valence-corrected chi connectivity index (χ3v) is 4.11. The predicted molar refractivity (Wildman–Crippen MR) is 82.5 cm³/mol. The second-order valence-electron chi connectivity index (χ2n) is 6.37. The smallest absolute Gasteiger partial charge is 0.125 e. The van der Waals surface area contributed by atoms with Gasteiger partial charge in [-0.05, 0) is 44.0 Å². The van der Waals surface area contributed by atoms with Crippen LogP contribution in [0.3, 0.4) is 0 Å². The molecule has 20 heavy (non-hydrogen) atoms. The average molecular weight is 277 g/mol. The normalized spacial score (nSPS) is 25.2. The minimum Gasteiger partial charge on any atom is -0.497 e. The zero-order valence-corrected chi connectivity index (χ0v) is 13.3. The third kappa shape index (κ3) is 3.26. The molecule has 0 bridgehead atoms. The van der Waals surface area contributed by atoms with Gasteiger partial charge in [0.25, 0.3) is 0 Å². The van der Waals surface area contributed by atoms with E-state index in [1.54, 1.807) is 7.11 Å². The molecular formula is C17H27NO2. The Morgan fingerprint density at radius 2 is 2.20 bits per heavy atom. The number of benzene rings is 1. The number of ether oxygens (including phenoxy) is 2. The fourth-order valence-corrected chi connectivity index (χ4v) is 2.64. The Bertz CT molecular complexity index is 458. The van der Waals surface area contributed by atoms with Crippen LogP contribution in [-0.2, 0) is 0 Å². The summed E-state index contributed by atoms with van der Waals surface area (Å²) >= 11 is 0. The van der Waals surface area contributed by atoms with E-state index in [-0.39, 0.29) is 5.60 Å². The molecule has 0 fully saturated rings. The lowest BCUT2D eigenvalue weighted by Crippen LogP contribution is -2.42. The molecule has 0 radical (unpaired) electrons. The molecular weight excluding hydrogens is 250 g/mol. The number of methoxy groups -OCH3 is 1. The van der Waals surface area contributed by atoms with E-state index in [1.165, 1.54) is 5.56 Å². The maximum atomic E-state index is 6.21. The van der Waals surface area contributed by atoms with Gasteiger partial charge in [-0.3, -0.25) is 0 Å². The van der Waals surface area contributed by atoms with Gasteiger partial charge in [-0.15, -0.1) is 0 Å². The summed E-state index contributed by atoms with van der Waals surface area (Å²) < 4.78 is 11.6. The van der Waals surface area contributed by atoms with Gasteiger partial charge in [0.1, 0.15) is 17.1 Å². The van der Waals surface area contributed by atoms with Crippen LogP contribution in [0.25, 0.3) is 0 Å². The molecule has 1 aromatic rings. The van der Waals surface area contributed by atoms with Crippen LogP contribution < -0.4 is 14.8 Å². The summed E-state index contributed by atoms with van der Waals surface area (Å²) in [7, 11) is 1.71. The Morgan fingerprint density at radius 3 is 2.80 bits per heavy atom. The number of hydrogen-bond acceptors (Lipinski definition) is 3. The molecule has 1 heterocycles. The number of nitrogens with one attached hydrogen (secondary N) is 1. The van der Waals surface area contributed by atoms with E-state index in [1.807, 2.05) is 12.1 Å². The van der Waals surface area contributed by atoms with Crippen LogP contribution in [0.15, 0.2) is 18.2 Å². The van der Waals surface area contributed by atoms with Gasteiger partial charge >= 0.3 is 0 Å². The summed E-state index contributed by atoms with van der Waals surface area (Å²) in [6.45, 7) is 9.87. The zero-order chi connectivity index (χ0) is 14.8.